The molecule has 1 heterocycles. The number of hydrogen-bond donors (Lipinski definition) is 0. The molecule has 0 radical (unpaired) electrons. The van der Waals surface area contributed by atoms with Gasteiger partial charge in [-0.15, -0.1) is 0 Å². The highest BCUT2D eigenvalue weighted by Crippen LogP contribution is 2.34. The van der Waals surface area contributed by atoms with E-state index in [-0.39, 0.29) is 0 Å². The summed E-state index contributed by atoms with van der Waals surface area (Å²) in [5.41, 5.74) is 3.31. The van der Waals surface area contributed by atoms with Crippen molar-refractivity contribution in [2.45, 2.75) is 0 Å². The SMILES string of the molecule is C=Cn1c(-c2ccccc2OC)cc2ccccc21. The molecular weight excluding hydrogens is 234 g/mol. The average molecular weight is 249 g/mol. The molecule has 2 aromatic carbocycles. The molecule has 0 amide bonds. The third-order valence-electron chi connectivity index (χ3n) is 3.31. The van der Waals surface area contributed by atoms with Crippen LogP contribution in [0.1, 0.15) is 0 Å². The standard InChI is InChI=1S/C17H15NO/c1-3-18-15-10-6-4-8-13(15)12-16(18)14-9-5-7-11-17(14)19-2/h3-12H,1H2,2H3. The van der Waals surface area contributed by atoms with Crippen LogP contribution >= 0.6 is 0 Å². The molecule has 2 heteroatoms. The lowest BCUT2D eigenvalue weighted by Gasteiger charge is -2.09. The number of methoxy groups -OCH3 is 1. The topological polar surface area (TPSA) is 14.2 Å². The Morgan fingerprint density at radius 1 is 1.05 bits per heavy atom. The second kappa shape index (κ2) is 4.65. The average Bonchev–Trinajstić information content (AvgIpc) is 2.85. The van der Waals surface area contributed by atoms with Gasteiger partial charge in [0.15, 0.2) is 0 Å². The molecule has 19 heavy (non-hydrogen) atoms. The largest absolute Gasteiger partial charge is 0.496 e. The molecule has 3 rings (SSSR count). The van der Waals surface area contributed by atoms with E-state index in [1.54, 1.807) is 7.11 Å². The Morgan fingerprint density at radius 3 is 2.58 bits per heavy atom. The van der Waals surface area contributed by atoms with Gasteiger partial charge in [0.05, 0.1) is 18.3 Å². The summed E-state index contributed by atoms with van der Waals surface area (Å²) < 4.78 is 7.54. The van der Waals surface area contributed by atoms with Crippen molar-refractivity contribution in [2.24, 2.45) is 0 Å². The van der Waals surface area contributed by atoms with Crippen molar-refractivity contribution in [2.75, 3.05) is 7.11 Å². The quantitative estimate of drug-likeness (QED) is 0.670. The molecule has 0 aliphatic carbocycles. The maximum atomic E-state index is 5.45. The lowest BCUT2D eigenvalue weighted by Crippen LogP contribution is -1.92. The molecule has 0 fully saturated rings. The number of fused-ring (bicyclic) bond motifs is 1. The minimum Gasteiger partial charge on any atom is -0.496 e. The first-order valence-corrected chi connectivity index (χ1v) is 6.21. The van der Waals surface area contributed by atoms with Gasteiger partial charge in [-0.05, 0) is 24.3 Å². The fourth-order valence-corrected chi connectivity index (χ4v) is 2.44. The van der Waals surface area contributed by atoms with Gasteiger partial charge in [0, 0.05) is 17.1 Å². The number of aromatic nitrogens is 1. The van der Waals surface area contributed by atoms with Crippen LogP contribution in [-0.2, 0) is 0 Å². The molecule has 3 aromatic rings. The van der Waals surface area contributed by atoms with Crippen molar-refractivity contribution < 1.29 is 4.74 Å². The number of benzene rings is 2. The lowest BCUT2D eigenvalue weighted by molar-refractivity contribution is 0.416. The summed E-state index contributed by atoms with van der Waals surface area (Å²) in [5, 5.41) is 1.20. The highest BCUT2D eigenvalue weighted by Gasteiger charge is 2.11. The van der Waals surface area contributed by atoms with Crippen molar-refractivity contribution in [1.29, 1.82) is 0 Å². The van der Waals surface area contributed by atoms with Crippen molar-refractivity contribution in [1.82, 2.24) is 4.57 Å². The molecule has 0 bridgehead atoms. The Labute approximate surface area is 112 Å². The molecule has 0 unspecified atom stereocenters. The van der Waals surface area contributed by atoms with Gasteiger partial charge < -0.3 is 9.30 Å². The smallest absolute Gasteiger partial charge is 0.128 e. The molecule has 0 N–H and O–H groups in total. The molecule has 94 valence electrons. The van der Waals surface area contributed by atoms with Crippen LogP contribution in [0.25, 0.3) is 28.4 Å². The molecule has 0 atom stereocenters. The number of hydrogen-bond acceptors (Lipinski definition) is 1. The molecule has 2 nitrogen and oxygen atoms in total. The van der Waals surface area contributed by atoms with E-state index in [1.807, 2.05) is 36.5 Å². The summed E-state index contributed by atoms with van der Waals surface area (Å²) >= 11 is 0. The monoisotopic (exact) mass is 249 g/mol. The van der Waals surface area contributed by atoms with E-state index in [4.69, 9.17) is 4.74 Å². The van der Waals surface area contributed by atoms with Crippen molar-refractivity contribution in [3.8, 4) is 17.0 Å². The minimum atomic E-state index is 0.869. The summed E-state index contributed by atoms with van der Waals surface area (Å²) in [6, 6.07) is 18.5. The van der Waals surface area contributed by atoms with E-state index in [2.05, 4.69) is 35.4 Å². The highest BCUT2D eigenvalue weighted by atomic mass is 16.5. The van der Waals surface area contributed by atoms with E-state index >= 15 is 0 Å². The van der Waals surface area contributed by atoms with Crippen LogP contribution in [0.4, 0.5) is 0 Å². The van der Waals surface area contributed by atoms with E-state index in [1.165, 1.54) is 5.39 Å². The van der Waals surface area contributed by atoms with Crippen LogP contribution in [0, 0.1) is 0 Å². The van der Waals surface area contributed by atoms with Crippen molar-refractivity contribution in [3.05, 3.63) is 61.2 Å². The van der Waals surface area contributed by atoms with Crippen LogP contribution in [0.5, 0.6) is 5.75 Å². The Hall–Kier alpha value is -2.48. The van der Waals surface area contributed by atoms with Gasteiger partial charge in [0.1, 0.15) is 5.75 Å². The van der Waals surface area contributed by atoms with Crippen LogP contribution in [0.15, 0.2) is 61.2 Å². The first kappa shape index (κ1) is 11.6. The van der Waals surface area contributed by atoms with Gasteiger partial charge in [0.2, 0.25) is 0 Å². The molecule has 0 saturated heterocycles. The van der Waals surface area contributed by atoms with E-state index in [0.29, 0.717) is 0 Å². The Bertz CT molecular complexity index is 740. The first-order valence-electron chi connectivity index (χ1n) is 6.21. The second-order valence-corrected chi connectivity index (χ2v) is 4.34. The maximum Gasteiger partial charge on any atom is 0.128 e. The van der Waals surface area contributed by atoms with Gasteiger partial charge in [-0.25, -0.2) is 0 Å². The van der Waals surface area contributed by atoms with Crippen LogP contribution in [0.2, 0.25) is 0 Å². The lowest BCUT2D eigenvalue weighted by atomic mass is 10.1. The highest BCUT2D eigenvalue weighted by molar-refractivity contribution is 5.90. The van der Waals surface area contributed by atoms with E-state index in [0.717, 1.165) is 22.5 Å². The van der Waals surface area contributed by atoms with Gasteiger partial charge in [-0.1, -0.05) is 36.9 Å². The van der Waals surface area contributed by atoms with Gasteiger partial charge in [0.25, 0.3) is 0 Å². The third-order valence-corrected chi connectivity index (χ3v) is 3.31. The van der Waals surface area contributed by atoms with Gasteiger partial charge in [-0.3, -0.25) is 0 Å². The molecule has 1 aromatic heterocycles. The number of nitrogens with zero attached hydrogens (tertiary/aromatic N) is 1. The predicted molar refractivity (Wildman–Crippen MR) is 80.3 cm³/mol. The van der Waals surface area contributed by atoms with Crippen LogP contribution in [0.3, 0.4) is 0 Å². The zero-order chi connectivity index (χ0) is 13.2. The fourth-order valence-electron chi connectivity index (χ4n) is 2.44. The second-order valence-electron chi connectivity index (χ2n) is 4.34. The van der Waals surface area contributed by atoms with Crippen LogP contribution < -0.4 is 4.74 Å². The third kappa shape index (κ3) is 1.82. The predicted octanol–water partition coefficient (Wildman–Crippen LogP) is 4.42. The zero-order valence-electron chi connectivity index (χ0n) is 10.8. The number of rotatable bonds is 3. The molecule has 0 aliphatic rings. The summed E-state index contributed by atoms with van der Waals surface area (Å²) in [6.07, 6.45) is 1.84. The van der Waals surface area contributed by atoms with Crippen molar-refractivity contribution >= 4 is 17.1 Å². The molecule has 0 aliphatic heterocycles. The Balaban J connectivity index is 2.33. The molecule has 0 saturated carbocycles. The van der Waals surface area contributed by atoms with Crippen LogP contribution in [-0.4, -0.2) is 11.7 Å². The van der Waals surface area contributed by atoms with Gasteiger partial charge >= 0.3 is 0 Å². The van der Waals surface area contributed by atoms with Crippen molar-refractivity contribution in [3.63, 3.8) is 0 Å². The number of ether oxygens (including phenoxy) is 1. The Kier molecular flexibility index (Phi) is 2.84. The van der Waals surface area contributed by atoms with E-state index in [9.17, 15) is 0 Å². The summed E-state index contributed by atoms with van der Waals surface area (Å²) in [6.45, 7) is 3.92. The number of para-hydroxylation sites is 2. The first-order chi connectivity index (χ1) is 9.35. The minimum absolute atomic E-state index is 0.869. The van der Waals surface area contributed by atoms with E-state index < -0.39 is 0 Å². The molecule has 0 spiro atoms. The summed E-state index contributed by atoms with van der Waals surface area (Å²) in [7, 11) is 1.69. The summed E-state index contributed by atoms with van der Waals surface area (Å²) in [5.74, 6) is 0.869. The zero-order valence-corrected chi connectivity index (χ0v) is 10.8. The maximum absolute atomic E-state index is 5.45. The Morgan fingerprint density at radius 2 is 1.79 bits per heavy atom. The van der Waals surface area contributed by atoms with Gasteiger partial charge in [-0.2, -0.15) is 0 Å². The summed E-state index contributed by atoms with van der Waals surface area (Å²) in [4.78, 5) is 0. The molecular formula is C17H15NO. The fraction of sp³-hybridized carbons (Fsp3) is 0.0588. The normalized spacial score (nSPS) is 10.6.